The van der Waals surface area contributed by atoms with Gasteiger partial charge in [0, 0.05) is 5.56 Å². The molecule has 2 heterocycles. The smallest absolute Gasteiger partial charge is 0.126 e. The molecule has 0 amide bonds. The number of aryl methyl sites for hydroxylation is 1. The van der Waals surface area contributed by atoms with E-state index in [1.165, 1.54) is 0 Å². The second-order valence-electron chi connectivity index (χ2n) is 2.48. The number of halogens is 1. The Labute approximate surface area is 78.3 Å². The molecular weight excluding hydrogens is 255 g/mol. The first kappa shape index (κ1) is 7.42. The molecule has 0 fully saturated rings. The van der Waals surface area contributed by atoms with Crippen LogP contribution >= 0.6 is 22.6 Å². The van der Waals surface area contributed by atoms with Gasteiger partial charge in [-0.05, 0) is 29.5 Å². The van der Waals surface area contributed by atoms with Crippen LogP contribution in [0.5, 0.6) is 0 Å². The molecule has 0 aliphatic carbocycles. The van der Waals surface area contributed by atoms with Crippen molar-refractivity contribution in [2.45, 2.75) is 20.1 Å². The second kappa shape index (κ2) is 2.67. The molecule has 1 aromatic heterocycles. The van der Waals surface area contributed by atoms with Gasteiger partial charge in [0.25, 0.3) is 0 Å². The Morgan fingerprint density at radius 1 is 1.36 bits per heavy atom. The van der Waals surface area contributed by atoms with Crippen LogP contribution in [-0.4, -0.2) is 9.97 Å². The summed E-state index contributed by atoms with van der Waals surface area (Å²) >= 11 is 2.22. The normalized spacial score (nSPS) is 15.1. The molecule has 1 aromatic rings. The highest BCUT2D eigenvalue weighted by atomic mass is 127. The lowest BCUT2D eigenvalue weighted by atomic mass is 10.3. The Hall–Kier alpha value is -0.230. The summed E-state index contributed by atoms with van der Waals surface area (Å²) in [6, 6.07) is 0. The Morgan fingerprint density at radius 3 is 3.00 bits per heavy atom. The lowest BCUT2D eigenvalue weighted by Gasteiger charge is -1.99. The summed E-state index contributed by atoms with van der Waals surface area (Å²) in [5, 5.41) is 0. The molecule has 0 saturated heterocycles. The monoisotopic (exact) mass is 262 g/mol. The van der Waals surface area contributed by atoms with Crippen molar-refractivity contribution in [2.24, 2.45) is 0 Å². The maximum Gasteiger partial charge on any atom is 0.126 e. The largest absolute Gasteiger partial charge is 0.370 e. The molecule has 3 nitrogen and oxygen atoms in total. The lowest BCUT2D eigenvalue weighted by Crippen LogP contribution is -1.98. The summed E-state index contributed by atoms with van der Waals surface area (Å²) in [5.74, 6) is 0.832. The summed E-state index contributed by atoms with van der Waals surface area (Å²) in [7, 11) is 0. The Kier molecular flexibility index (Phi) is 1.80. The minimum Gasteiger partial charge on any atom is -0.370 e. The van der Waals surface area contributed by atoms with Crippen LogP contribution in [0.25, 0.3) is 0 Å². The minimum absolute atomic E-state index is 0.648. The molecule has 58 valence electrons. The second-order valence-corrected chi connectivity index (χ2v) is 3.50. The number of rotatable bonds is 0. The fourth-order valence-corrected chi connectivity index (χ4v) is 1.94. The van der Waals surface area contributed by atoms with E-state index in [1.54, 1.807) is 0 Å². The van der Waals surface area contributed by atoms with Crippen molar-refractivity contribution in [2.75, 3.05) is 0 Å². The zero-order valence-electron chi connectivity index (χ0n) is 6.09. The van der Waals surface area contributed by atoms with E-state index in [9.17, 15) is 0 Å². The third kappa shape index (κ3) is 1.24. The lowest BCUT2D eigenvalue weighted by molar-refractivity contribution is 0.133. The predicted octanol–water partition coefficient (Wildman–Crippen LogP) is 1.42. The first-order valence-corrected chi connectivity index (χ1v) is 4.45. The maximum absolute atomic E-state index is 5.24. The van der Waals surface area contributed by atoms with Crippen molar-refractivity contribution < 1.29 is 4.74 Å². The molecule has 0 bridgehead atoms. The molecule has 0 N–H and O–H groups in total. The van der Waals surface area contributed by atoms with Crippen LogP contribution in [0.4, 0.5) is 0 Å². The van der Waals surface area contributed by atoms with E-state index in [0.717, 1.165) is 20.8 Å². The van der Waals surface area contributed by atoms with Gasteiger partial charge < -0.3 is 4.74 Å². The molecule has 0 saturated carbocycles. The molecule has 0 spiro atoms. The molecule has 2 rings (SSSR count). The molecule has 1 aliphatic rings. The molecule has 0 unspecified atom stereocenters. The third-order valence-electron chi connectivity index (χ3n) is 1.64. The average molecular weight is 262 g/mol. The molecule has 1 aliphatic heterocycles. The van der Waals surface area contributed by atoms with Crippen molar-refractivity contribution in [3.8, 4) is 0 Å². The summed E-state index contributed by atoms with van der Waals surface area (Å²) in [4.78, 5) is 8.51. The maximum atomic E-state index is 5.24. The summed E-state index contributed by atoms with van der Waals surface area (Å²) in [5.41, 5.74) is 2.22. The van der Waals surface area contributed by atoms with E-state index in [4.69, 9.17) is 4.74 Å². The van der Waals surface area contributed by atoms with Crippen molar-refractivity contribution in [3.05, 3.63) is 20.8 Å². The topological polar surface area (TPSA) is 35.0 Å². The number of nitrogens with zero attached hydrogens (tertiary/aromatic N) is 2. The molecule has 0 atom stereocenters. The van der Waals surface area contributed by atoms with E-state index in [0.29, 0.717) is 13.2 Å². The van der Waals surface area contributed by atoms with Gasteiger partial charge in [0.05, 0.1) is 18.9 Å². The first-order valence-electron chi connectivity index (χ1n) is 3.37. The van der Waals surface area contributed by atoms with Crippen molar-refractivity contribution in [1.82, 2.24) is 9.97 Å². The van der Waals surface area contributed by atoms with Crippen molar-refractivity contribution in [3.63, 3.8) is 0 Å². The standard InChI is InChI=1S/C7H7IN2O/c1-4-9-6-3-11-2-5(6)7(8)10-4/h2-3H2,1H3. The summed E-state index contributed by atoms with van der Waals surface area (Å²) in [6.07, 6.45) is 0. The number of aromatic nitrogens is 2. The van der Waals surface area contributed by atoms with Crippen LogP contribution in [0.1, 0.15) is 17.1 Å². The van der Waals surface area contributed by atoms with Gasteiger partial charge in [-0.3, -0.25) is 0 Å². The highest BCUT2D eigenvalue weighted by molar-refractivity contribution is 14.1. The van der Waals surface area contributed by atoms with Gasteiger partial charge in [0.1, 0.15) is 9.53 Å². The molecule has 11 heavy (non-hydrogen) atoms. The van der Waals surface area contributed by atoms with Gasteiger partial charge in [-0.1, -0.05) is 0 Å². The summed E-state index contributed by atoms with van der Waals surface area (Å²) in [6.45, 7) is 3.23. The van der Waals surface area contributed by atoms with Crippen molar-refractivity contribution in [1.29, 1.82) is 0 Å². The van der Waals surface area contributed by atoms with Crippen LogP contribution in [0.15, 0.2) is 0 Å². The Bertz CT molecular complexity index is 301. The number of hydrogen-bond acceptors (Lipinski definition) is 3. The van der Waals surface area contributed by atoms with Gasteiger partial charge in [-0.15, -0.1) is 0 Å². The van der Waals surface area contributed by atoms with Crippen LogP contribution in [0.3, 0.4) is 0 Å². The van der Waals surface area contributed by atoms with Gasteiger partial charge >= 0.3 is 0 Å². The number of fused-ring (bicyclic) bond motifs is 1. The third-order valence-corrected chi connectivity index (χ3v) is 2.53. The van der Waals surface area contributed by atoms with Gasteiger partial charge in [0.2, 0.25) is 0 Å². The zero-order chi connectivity index (χ0) is 7.84. The minimum atomic E-state index is 0.648. The van der Waals surface area contributed by atoms with Crippen molar-refractivity contribution >= 4 is 22.6 Å². The molecular formula is C7H7IN2O. The zero-order valence-corrected chi connectivity index (χ0v) is 8.25. The van der Waals surface area contributed by atoms with E-state index in [-0.39, 0.29) is 0 Å². The van der Waals surface area contributed by atoms with Gasteiger partial charge in [0.15, 0.2) is 0 Å². The quantitative estimate of drug-likeness (QED) is 0.524. The predicted molar refractivity (Wildman–Crippen MR) is 48.0 cm³/mol. The van der Waals surface area contributed by atoms with Crippen LogP contribution < -0.4 is 0 Å². The molecule has 0 aromatic carbocycles. The van der Waals surface area contributed by atoms with Gasteiger partial charge in [-0.25, -0.2) is 9.97 Å². The number of hydrogen-bond donors (Lipinski definition) is 0. The Balaban J connectivity index is 2.60. The summed E-state index contributed by atoms with van der Waals surface area (Å²) < 4.78 is 6.27. The first-order chi connectivity index (χ1) is 5.27. The van der Waals surface area contributed by atoms with Gasteiger partial charge in [-0.2, -0.15) is 0 Å². The Morgan fingerprint density at radius 2 is 2.18 bits per heavy atom. The molecule has 4 heteroatoms. The average Bonchev–Trinajstić information content (AvgIpc) is 2.34. The fourth-order valence-electron chi connectivity index (χ4n) is 1.13. The SMILES string of the molecule is Cc1nc(I)c2c(n1)COC2. The number of ether oxygens (including phenoxy) is 1. The fraction of sp³-hybridized carbons (Fsp3) is 0.429. The van der Waals surface area contributed by atoms with Crippen LogP contribution in [0.2, 0.25) is 0 Å². The van der Waals surface area contributed by atoms with Crippen LogP contribution in [0, 0.1) is 10.6 Å². The van der Waals surface area contributed by atoms with Crippen LogP contribution in [-0.2, 0) is 18.0 Å². The van der Waals surface area contributed by atoms with E-state index in [1.807, 2.05) is 6.92 Å². The van der Waals surface area contributed by atoms with E-state index >= 15 is 0 Å². The van der Waals surface area contributed by atoms with E-state index in [2.05, 4.69) is 32.6 Å². The highest BCUT2D eigenvalue weighted by Gasteiger charge is 2.16. The van der Waals surface area contributed by atoms with E-state index < -0.39 is 0 Å². The highest BCUT2D eigenvalue weighted by Crippen LogP contribution is 2.21. The molecule has 0 radical (unpaired) electrons.